The van der Waals surface area contributed by atoms with Crippen LogP contribution in [0.5, 0.6) is 0 Å². The van der Waals surface area contributed by atoms with E-state index >= 15 is 0 Å². The van der Waals surface area contributed by atoms with E-state index in [1.807, 2.05) is 24.3 Å². The Morgan fingerprint density at radius 2 is 1.64 bits per heavy atom. The quantitative estimate of drug-likeness (QED) is 0.556. The topological polar surface area (TPSA) is 57.7 Å². The summed E-state index contributed by atoms with van der Waals surface area (Å²) in [7, 11) is -4.12. The fraction of sp³-hybridized carbons (Fsp3) is 0.0500. The van der Waals surface area contributed by atoms with Gasteiger partial charge in [0.15, 0.2) is 0 Å². The molecule has 0 aromatic heterocycles. The van der Waals surface area contributed by atoms with Crippen LogP contribution in [0.2, 0.25) is 0 Å². The van der Waals surface area contributed by atoms with E-state index in [9.17, 15) is 17.6 Å². The molecule has 0 fully saturated rings. The molecule has 0 N–H and O–H groups in total. The zero-order valence-corrected chi connectivity index (χ0v) is 16.8. The molecule has 5 nitrogen and oxygen atoms in total. The lowest BCUT2D eigenvalue weighted by molar-refractivity contribution is 0.253. The summed E-state index contributed by atoms with van der Waals surface area (Å²) < 4.78 is 41.1. The largest absolute Gasteiger partial charge is 0.343 e. The highest BCUT2D eigenvalue weighted by Crippen LogP contribution is 2.38. The van der Waals surface area contributed by atoms with Gasteiger partial charge in [0.05, 0.1) is 17.9 Å². The van der Waals surface area contributed by atoms with Crippen molar-refractivity contribution in [1.82, 2.24) is 0 Å². The number of fused-ring (bicyclic) bond motifs is 1. The molecule has 8 heteroatoms. The molecule has 0 bridgehead atoms. The van der Waals surface area contributed by atoms with Gasteiger partial charge >= 0.3 is 6.03 Å². The first-order valence-corrected chi connectivity index (χ1v) is 10.6. The SMILES string of the molecule is O=C1N(Cc2cccc(Br)c2)c2ccccc2S(=O)(=O)N1c1ccc(F)cc1. The highest BCUT2D eigenvalue weighted by molar-refractivity contribution is 9.10. The molecule has 1 aliphatic rings. The number of urea groups is 1. The third-order valence-electron chi connectivity index (χ3n) is 4.37. The zero-order chi connectivity index (χ0) is 19.9. The standard InChI is InChI=1S/C20H14BrFN2O3S/c21-15-5-3-4-14(12-15)13-23-18-6-1-2-7-19(18)28(26,27)24(20(23)25)17-10-8-16(22)9-11-17/h1-12H,13H2. The van der Waals surface area contributed by atoms with E-state index in [1.54, 1.807) is 18.2 Å². The van der Waals surface area contributed by atoms with E-state index in [1.165, 1.54) is 23.1 Å². The van der Waals surface area contributed by atoms with Crippen molar-refractivity contribution >= 4 is 43.4 Å². The number of para-hydroxylation sites is 1. The van der Waals surface area contributed by atoms with Crippen LogP contribution >= 0.6 is 15.9 Å². The fourth-order valence-electron chi connectivity index (χ4n) is 3.11. The summed E-state index contributed by atoms with van der Waals surface area (Å²) in [4.78, 5) is 14.7. The smallest absolute Gasteiger partial charge is 0.287 e. The second kappa shape index (κ2) is 7.03. The predicted molar refractivity (Wildman–Crippen MR) is 108 cm³/mol. The van der Waals surface area contributed by atoms with Gasteiger partial charge in [-0.2, -0.15) is 4.31 Å². The molecule has 1 heterocycles. The summed E-state index contributed by atoms with van der Waals surface area (Å²) in [5, 5.41) is 0. The van der Waals surface area contributed by atoms with Crippen LogP contribution in [0, 0.1) is 5.82 Å². The Kier molecular flexibility index (Phi) is 4.68. The van der Waals surface area contributed by atoms with Gasteiger partial charge in [-0.1, -0.05) is 40.2 Å². The maximum Gasteiger partial charge on any atom is 0.343 e. The van der Waals surface area contributed by atoms with E-state index in [-0.39, 0.29) is 17.1 Å². The Morgan fingerprint density at radius 1 is 0.929 bits per heavy atom. The van der Waals surface area contributed by atoms with Crippen molar-refractivity contribution in [3.63, 3.8) is 0 Å². The Bertz CT molecular complexity index is 1170. The van der Waals surface area contributed by atoms with Crippen LogP contribution in [0.3, 0.4) is 0 Å². The monoisotopic (exact) mass is 460 g/mol. The maximum atomic E-state index is 13.3. The average molecular weight is 461 g/mol. The van der Waals surface area contributed by atoms with Gasteiger partial charge in [0.2, 0.25) is 0 Å². The van der Waals surface area contributed by atoms with Gasteiger partial charge in [-0.25, -0.2) is 17.6 Å². The molecule has 0 saturated heterocycles. The molecule has 142 valence electrons. The van der Waals surface area contributed by atoms with Crippen LogP contribution in [0.4, 0.5) is 20.6 Å². The molecule has 0 aliphatic carbocycles. The van der Waals surface area contributed by atoms with Gasteiger partial charge < -0.3 is 0 Å². The molecular formula is C20H14BrFN2O3S. The molecule has 0 saturated carbocycles. The number of halogens is 2. The molecule has 28 heavy (non-hydrogen) atoms. The Morgan fingerprint density at radius 3 is 2.36 bits per heavy atom. The zero-order valence-electron chi connectivity index (χ0n) is 14.4. The normalized spacial score (nSPS) is 15.4. The summed E-state index contributed by atoms with van der Waals surface area (Å²) in [5.41, 5.74) is 1.22. The third kappa shape index (κ3) is 3.18. The van der Waals surface area contributed by atoms with Gasteiger partial charge in [0, 0.05) is 4.47 Å². The number of benzene rings is 3. The average Bonchev–Trinajstić information content (AvgIpc) is 2.67. The summed E-state index contributed by atoms with van der Waals surface area (Å²) in [5.74, 6) is -0.517. The lowest BCUT2D eigenvalue weighted by atomic mass is 10.2. The lowest BCUT2D eigenvalue weighted by Crippen LogP contribution is -2.50. The Labute approximate surface area is 170 Å². The molecule has 0 atom stereocenters. The van der Waals surface area contributed by atoms with Gasteiger partial charge in [-0.05, 0) is 54.1 Å². The highest BCUT2D eigenvalue weighted by atomic mass is 79.9. The molecule has 0 radical (unpaired) electrons. The lowest BCUT2D eigenvalue weighted by Gasteiger charge is -2.36. The first-order chi connectivity index (χ1) is 13.4. The summed E-state index contributed by atoms with van der Waals surface area (Å²) >= 11 is 3.40. The van der Waals surface area contributed by atoms with Crippen molar-refractivity contribution < 1.29 is 17.6 Å². The highest BCUT2D eigenvalue weighted by Gasteiger charge is 2.42. The molecule has 3 aromatic rings. The maximum absolute atomic E-state index is 13.3. The van der Waals surface area contributed by atoms with Crippen molar-refractivity contribution in [2.75, 3.05) is 9.21 Å². The van der Waals surface area contributed by atoms with E-state index < -0.39 is 21.9 Å². The summed E-state index contributed by atoms with van der Waals surface area (Å²) in [6, 6.07) is 17.8. The number of hydrogen-bond donors (Lipinski definition) is 0. The van der Waals surface area contributed by atoms with Crippen LogP contribution in [-0.4, -0.2) is 14.4 Å². The Hall–Kier alpha value is -2.71. The Balaban J connectivity index is 1.86. The minimum atomic E-state index is -4.12. The molecule has 0 unspecified atom stereocenters. The van der Waals surface area contributed by atoms with Crippen molar-refractivity contribution in [3.05, 3.63) is 88.6 Å². The number of nitrogens with zero attached hydrogens (tertiary/aromatic N) is 2. The van der Waals surface area contributed by atoms with E-state index in [2.05, 4.69) is 15.9 Å². The van der Waals surface area contributed by atoms with Crippen LogP contribution < -0.4 is 9.21 Å². The van der Waals surface area contributed by atoms with Crippen molar-refractivity contribution in [1.29, 1.82) is 0 Å². The third-order valence-corrected chi connectivity index (χ3v) is 6.61. The summed E-state index contributed by atoms with van der Waals surface area (Å²) in [6.07, 6.45) is 0. The first kappa shape index (κ1) is 18.6. The van der Waals surface area contributed by atoms with E-state index in [0.717, 1.165) is 22.2 Å². The number of carbonyl (C=O) groups is 1. The molecule has 3 aromatic carbocycles. The summed E-state index contributed by atoms with van der Waals surface area (Å²) in [6.45, 7) is 0.183. The van der Waals surface area contributed by atoms with Gasteiger partial charge in [-0.3, -0.25) is 4.90 Å². The van der Waals surface area contributed by atoms with Gasteiger partial charge in [0.1, 0.15) is 10.7 Å². The number of carbonyl (C=O) groups excluding carboxylic acids is 1. The first-order valence-electron chi connectivity index (χ1n) is 8.34. The van der Waals surface area contributed by atoms with Crippen molar-refractivity contribution in [2.45, 2.75) is 11.4 Å². The van der Waals surface area contributed by atoms with E-state index in [0.29, 0.717) is 9.99 Å². The molecule has 2 amide bonds. The second-order valence-corrected chi connectivity index (χ2v) is 8.88. The molecule has 4 rings (SSSR count). The molecular weight excluding hydrogens is 447 g/mol. The second-order valence-electron chi connectivity index (χ2n) is 6.21. The van der Waals surface area contributed by atoms with Gasteiger partial charge in [-0.15, -0.1) is 0 Å². The van der Waals surface area contributed by atoms with Crippen LogP contribution in [0.25, 0.3) is 0 Å². The van der Waals surface area contributed by atoms with Crippen LogP contribution in [-0.2, 0) is 16.6 Å². The van der Waals surface area contributed by atoms with E-state index in [4.69, 9.17) is 0 Å². The number of sulfonamides is 1. The fourth-order valence-corrected chi connectivity index (χ4v) is 5.15. The molecule has 0 spiro atoms. The van der Waals surface area contributed by atoms with Crippen LogP contribution in [0.15, 0.2) is 82.2 Å². The van der Waals surface area contributed by atoms with Gasteiger partial charge in [0.25, 0.3) is 10.0 Å². The predicted octanol–water partition coefficient (Wildman–Crippen LogP) is 4.92. The van der Waals surface area contributed by atoms with Crippen LogP contribution in [0.1, 0.15) is 5.56 Å². The minimum absolute atomic E-state index is 0.0221. The number of amides is 2. The number of anilines is 2. The van der Waals surface area contributed by atoms with Crippen molar-refractivity contribution in [3.8, 4) is 0 Å². The number of rotatable bonds is 3. The molecule has 1 aliphatic heterocycles. The van der Waals surface area contributed by atoms with Crippen molar-refractivity contribution in [2.24, 2.45) is 0 Å². The minimum Gasteiger partial charge on any atom is -0.287 e. The number of hydrogen-bond acceptors (Lipinski definition) is 3.